The molecule has 1 fully saturated rings. The number of H-pyrrole nitrogens is 2. The van der Waals surface area contributed by atoms with Crippen LogP contribution in [0.15, 0.2) is 84.3 Å². The van der Waals surface area contributed by atoms with Gasteiger partial charge in [0.2, 0.25) is 5.91 Å². The van der Waals surface area contributed by atoms with Crippen LogP contribution in [0.2, 0.25) is 0 Å². The van der Waals surface area contributed by atoms with Gasteiger partial charge in [-0.3, -0.25) is 14.9 Å². The number of rotatable bonds is 15. The summed E-state index contributed by atoms with van der Waals surface area (Å²) in [6, 6.07) is 20.8. The molecule has 2 aromatic heterocycles. The number of benzene rings is 3. The number of methoxy groups -OCH3 is 2. The van der Waals surface area contributed by atoms with E-state index >= 15 is 0 Å². The van der Waals surface area contributed by atoms with Crippen LogP contribution in [0.5, 0.6) is 0 Å². The summed E-state index contributed by atoms with van der Waals surface area (Å²) in [7, 11) is 2.53. The van der Waals surface area contributed by atoms with Crippen molar-refractivity contribution in [1.29, 1.82) is 0 Å². The Morgan fingerprint density at radius 2 is 1.24 bits per heavy atom. The van der Waals surface area contributed by atoms with Gasteiger partial charge in [-0.1, -0.05) is 62.4 Å². The highest BCUT2D eigenvalue weighted by molar-refractivity contribution is 5.97. The van der Waals surface area contributed by atoms with Crippen molar-refractivity contribution < 1.29 is 33.4 Å². The zero-order valence-corrected chi connectivity index (χ0v) is 33.4. The number of ether oxygens (including phenoxy) is 3. The van der Waals surface area contributed by atoms with Crippen LogP contribution in [-0.2, 0) is 36.9 Å². The van der Waals surface area contributed by atoms with E-state index in [2.05, 4.69) is 77.8 Å². The molecule has 0 saturated carbocycles. The summed E-state index contributed by atoms with van der Waals surface area (Å²) in [6.45, 7) is 6.37. The molecular formula is C43H50N8O7. The van der Waals surface area contributed by atoms with Gasteiger partial charge in [-0.2, -0.15) is 0 Å². The molecule has 0 spiro atoms. The van der Waals surface area contributed by atoms with E-state index in [0.29, 0.717) is 57.3 Å². The lowest BCUT2D eigenvalue weighted by Gasteiger charge is -2.26. The molecule has 5 aromatic rings. The van der Waals surface area contributed by atoms with Crippen molar-refractivity contribution in [3.8, 4) is 33.6 Å². The minimum atomic E-state index is -0.683. The second-order valence-corrected chi connectivity index (χ2v) is 13.9. The fraction of sp³-hybridized carbons (Fsp3) is 0.349. The molecular weight excluding hydrogens is 741 g/mol. The Bertz CT molecular complexity index is 2250. The SMILES string of the molecule is CCCN(Cc1ncc(-c2ccc3cc(-c4ccc(-c5cnc(CN(CCC)C(=O)C(NC(=O)OC)=C6CCOCC6)[nH]5)cc4)ccc3c2)[nH]1)C(=O)CNC(=O)OC. The molecule has 0 atom stereocenters. The molecule has 58 heavy (non-hydrogen) atoms. The van der Waals surface area contributed by atoms with Gasteiger partial charge >= 0.3 is 12.2 Å². The number of imidazole rings is 2. The smallest absolute Gasteiger partial charge is 0.411 e. The molecule has 0 radical (unpaired) electrons. The summed E-state index contributed by atoms with van der Waals surface area (Å²) >= 11 is 0. The van der Waals surface area contributed by atoms with Crippen molar-refractivity contribution in [3.05, 3.63) is 96.0 Å². The second-order valence-electron chi connectivity index (χ2n) is 13.9. The topological polar surface area (TPSA) is 184 Å². The van der Waals surface area contributed by atoms with Gasteiger partial charge in [0.05, 0.1) is 64.3 Å². The molecule has 4 N–H and O–H groups in total. The van der Waals surface area contributed by atoms with E-state index in [-0.39, 0.29) is 30.6 Å². The Hall–Kier alpha value is -6.48. The number of carbonyl (C=O) groups excluding carboxylic acids is 4. The van der Waals surface area contributed by atoms with E-state index in [1.54, 1.807) is 22.2 Å². The third-order valence-electron chi connectivity index (χ3n) is 9.89. The molecule has 15 nitrogen and oxygen atoms in total. The van der Waals surface area contributed by atoms with Crippen molar-refractivity contribution in [2.24, 2.45) is 0 Å². The average molecular weight is 791 g/mol. The Labute approximate surface area is 337 Å². The van der Waals surface area contributed by atoms with Gasteiger partial charge in [-0.15, -0.1) is 0 Å². The largest absolute Gasteiger partial charge is 0.453 e. The van der Waals surface area contributed by atoms with Crippen LogP contribution in [0.3, 0.4) is 0 Å². The van der Waals surface area contributed by atoms with E-state index in [1.165, 1.54) is 14.2 Å². The summed E-state index contributed by atoms with van der Waals surface area (Å²) in [5, 5.41) is 7.27. The first-order valence-electron chi connectivity index (χ1n) is 19.5. The Balaban J connectivity index is 1.11. The number of nitrogens with one attached hydrogen (secondary N) is 4. The standard InChI is InChI=1S/C43H50N8O7/c1-5-17-50(39(52)25-46-42(54)56-3)26-37-45-24-36(48-37)34-14-13-32-21-31(11-12-33(32)22-34)28-7-9-29(10-8-28)35-23-44-38(47-35)27-51(18-6-2)41(53)40(49-43(55)57-4)30-15-19-58-20-16-30/h7-14,21-24H,5-6,15-20,25-27H2,1-4H3,(H,44,47)(H,45,48)(H,46,54)(H,49,55). The minimum Gasteiger partial charge on any atom is -0.453 e. The van der Waals surface area contributed by atoms with Gasteiger partial charge < -0.3 is 39.3 Å². The molecule has 3 aromatic carbocycles. The lowest BCUT2D eigenvalue weighted by molar-refractivity contribution is -0.131. The number of fused-ring (bicyclic) bond motifs is 1. The maximum atomic E-state index is 13.8. The highest BCUT2D eigenvalue weighted by atomic mass is 16.5. The number of alkyl carbamates (subject to hydrolysis) is 2. The van der Waals surface area contributed by atoms with E-state index in [9.17, 15) is 19.2 Å². The molecule has 1 saturated heterocycles. The van der Waals surface area contributed by atoms with Crippen molar-refractivity contribution in [3.63, 3.8) is 0 Å². The van der Waals surface area contributed by atoms with Crippen LogP contribution in [0, 0.1) is 0 Å². The number of hydrogen-bond donors (Lipinski definition) is 4. The predicted molar refractivity (Wildman–Crippen MR) is 219 cm³/mol. The third-order valence-corrected chi connectivity index (χ3v) is 9.89. The molecule has 1 aliphatic rings. The number of aromatic nitrogens is 4. The average Bonchev–Trinajstić information content (AvgIpc) is 3.94. The van der Waals surface area contributed by atoms with Crippen LogP contribution < -0.4 is 10.6 Å². The molecule has 1 aliphatic heterocycles. The van der Waals surface area contributed by atoms with Gasteiger partial charge in [0, 0.05) is 18.7 Å². The van der Waals surface area contributed by atoms with Crippen LogP contribution >= 0.6 is 0 Å². The Kier molecular flexibility index (Phi) is 13.9. The fourth-order valence-electron chi connectivity index (χ4n) is 6.86. The Morgan fingerprint density at radius 1 is 0.707 bits per heavy atom. The molecule has 15 heteroatoms. The fourth-order valence-corrected chi connectivity index (χ4v) is 6.86. The quantitative estimate of drug-likeness (QED) is 0.0856. The molecule has 0 bridgehead atoms. The number of aromatic amines is 2. The molecule has 304 valence electrons. The maximum Gasteiger partial charge on any atom is 0.411 e. The lowest BCUT2D eigenvalue weighted by Crippen LogP contribution is -2.40. The van der Waals surface area contributed by atoms with Gasteiger partial charge in [-0.05, 0) is 70.9 Å². The van der Waals surface area contributed by atoms with Crippen molar-refractivity contribution in [1.82, 2.24) is 40.4 Å². The number of hydrogen-bond acceptors (Lipinski definition) is 9. The highest BCUT2D eigenvalue weighted by Gasteiger charge is 2.26. The van der Waals surface area contributed by atoms with E-state index in [4.69, 9.17) is 9.47 Å². The summed E-state index contributed by atoms with van der Waals surface area (Å²) in [4.78, 5) is 69.4. The molecule has 4 amide bonds. The zero-order chi connectivity index (χ0) is 41.0. The monoisotopic (exact) mass is 790 g/mol. The van der Waals surface area contributed by atoms with Gasteiger partial charge in [-0.25, -0.2) is 19.6 Å². The molecule has 3 heterocycles. The second kappa shape index (κ2) is 19.6. The molecule has 0 unspecified atom stereocenters. The van der Waals surface area contributed by atoms with Gasteiger partial charge in [0.15, 0.2) is 0 Å². The third kappa shape index (κ3) is 10.3. The van der Waals surface area contributed by atoms with Crippen LogP contribution in [-0.4, -0.2) is 101 Å². The minimum absolute atomic E-state index is 0.150. The summed E-state index contributed by atoms with van der Waals surface area (Å²) in [6.07, 6.45) is 4.82. The van der Waals surface area contributed by atoms with E-state index < -0.39 is 12.2 Å². The van der Waals surface area contributed by atoms with E-state index in [1.807, 2.05) is 32.0 Å². The first-order valence-corrected chi connectivity index (χ1v) is 19.5. The molecule has 0 aliphatic carbocycles. The lowest BCUT2D eigenvalue weighted by atomic mass is 9.98. The highest BCUT2D eigenvalue weighted by Crippen LogP contribution is 2.30. The molecule has 6 rings (SSSR count). The maximum absolute atomic E-state index is 13.8. The number of carbonyl (C=O) groups is 4. The van der Waals surface area contributed by atoms with Gasteiger partial charge in [0.25, 0.3) is 5.91 Å². The van der Waals surface area contributed by atoms with E-state index in [0.717, 1.165) is 62.8 Å². The number of amides is 4. The van der Waals surface area contributed by atoms with Crippen LogP contribution in [0.25, 0.3) is 44.4 Å². The summed E-state index contributed by atoms with van der Waals surface area (Å²) < 4.78 is 14.9. The predicted octanol–water partition coefficient (Wildman–Crippen LogP) is 6.54. The first kappa shape index (κ1) is 41.2. The zero-order valence-electron chi connectivity index (χ0n) is 33.4. The summed E-state index contributed by atoms with van der Waals surface area (Å²) in [5.41, 5.74) is 6.83. The normalized spacial score (nSPS) is 12.5. The van der Waals surface area contributed by atoms with Crippen LogP contribution in [0.4, 0.5) is 9.59 Å². The summed E-state index contributed by atoms with van der Waals surface area (Å²) in [5.74, 6) is 0.786. The van der Waals surface area contributed by atoms with Crippen molar-refractivity contribution >= 4 is 34.8 Å². The number of nitrogens with zero attached hydrogens (tertiary/aromatic N) is 4. The van der Waals surface area contributed by atoms with Gasteiger partial charge in [0.1, 0.15) is 23.9 Å². The van der Waals surface area contributed by atoms with Crippen molar-refractivity contribution in [2.75, 3.05) is 47.1 Å². The first-order chi connectivity index (χ1) is 28.2. The Morgan fingerprint density at radius 3 is 1.86 bits per heavy atom. The van der Waals surface area contributed by atoms with Crippen molar-refractivity contribution in [2.45, 2.75) is 52.6 Å². The van der Waals surface area contributed by atoms with Crippen LogP contribution in [0.1, 0.15) is 51.2 Å².